The van der Waals surface area contributed by atoms with E-state index in [0.29, 0.717) is 29.9 Å². The fourth-order valence-electron chi connectivity index (χ4n) is 4.25. The zero-order valence-corrected chi connectivity index (χ0v) is 19.6. The number of ketones is 1. The van der Waals surface area contributed by atoms with Gasteiger partial charge in [0, 0.05) is 12.1 Å². The van der Waals surface area contributed by atoms with Crippen molar-refractivity contribution in [3.8, 4) is 17.2 Å². The number of benzene rings is 3. The first kappa shape index (κ1) is 23.9. The van der Waals surface area contributed by atoms with Crippen molar-refractivity contribution >= 4 is 17.4 Å². The van der Waals surface area contributed by atoms with Gasteiger partial charge in [-0.2, -0.15) is 0 Å². The minimum Gasteiger partial charge on any atom is -0.507 e. The molecule has 1 fully saturated rings. The van der Waals surface area contributed by atoms with E-state index in [9.17, 15) is 19.8 Å². The molecule has 0 unspecified atom stereocenters. The number of carbonyl (C=O) groups is 2. The van der Waals surface area contributed by atoms with Gasteiger partial charge in [-0.15, -0.1) is 0 Å². The molecule has 0 radical (unpaired) electrons. The van der Waals surface area contributed by atoms with Crippen LogP contribution in [0.15, 0.2) is 78.4 Å². The summed E-state index contributed by atoms with van der Waals surface area (Å²) >= 11 is 0. The molecule has 1 atom stereocenters. The Morgan fingerprint density at radius 3 is 2.37 bits per heavy atom. The molecule has 0 bridgehead atoms. The zero-order valence-electron chi connectivity index (χ0n) is 19.6. The summed E-state index contributed by atoms with van der Waals surface area (Å²) in [7, 11) is 1.42. The van der Waals surface area contributed by atoms with E-state index in [1.54, 1.807) is 36.4 Å². The van der Waals surface area contributed by atoms with E-state index < -0.39 is 17.7 Å². The number of aliphatic hydroxyl groups is 1. The third-order valence-corrected chi connectivity index (χ3v) is 5.98. The van der Waals surface area contributed by atoms with Gasteiger partial charge < -0.3 is 24.6 Å². The average molecular weight is 474 g/mol. The lowest BCUT2D eigenvalue weighted by Gasteiger charge is -2.26. The SMILES string of the molecule is CCOc1ccc(C(O)=C2C(=O)C(=O)N(CCc3ccccc3)[C@H]2c2ccc(O)c(OC)c2)cc1. The molecule has 1 saturated heterocycles. The Hall–Kier alpha value is -4.26. The number of nitrogens with zero attached hydrogens (tertiary/aromatic N) is 1. The molecule has 35 heavy (non-hydrogen) atoms. The van der Waals surface area contributed by atoms with Crippen LogP contribution in [0.2, 0.25) is 0 Å². The lowest BCUT2D eigenvalue weighted by Crippen LogP contribution is -2.31. The van der Waals surface area contributed by atoms with Crippen molar-refractivity contribution in [2.75, 3.05) is 20.3 Å². The maximum atomic E-state index is 13.2. The van der Waals surface area contributed by atoms with E-state index in [1.165, 1.54) is 18.1 Å². The molecule has 3 aromatic rings. The van der Waals surface area contributed by atoms with Crippen molar-refractivity contribution in [3.05, 3.63) is 95.1 Å². The summed E-state index contributed by atoms with van der Waals surface area (Å²) in [5.41, 5.74) is 1.94. The van der Waals surface area contributed by atoms with Crippen LogP contribution in [0, 0.1) is 0 Å². The van der Waals surface area contributed by atoms with Crippen LogP contribution in [0.25, 0.3) is 5.76 Å². The number of hydrogen-bond acceptors (Lipinski definition) is 6. The van der Waals surface area contributed by atoms with Gasteiger partial charge in [-0.1, -0.05) is 36.4 Å². The minimum atomic E-state index is -0.847. The van der Waals surface area contributed by atoms with E-state index in [2.05, 4.69) is 0 Å². The second kappa shape index (κ2) is 10.3. The lowest BCUT2D eigenvalue weighted by atomic mass is 9.94. The van der Waals surface area contributed by atoms with Crippen molar-refractivity contribution in [2.24, 2.45) is 0 Å². The summed E-state index contributed by atoms with van der Waals surface area (Å²) in [4.78, 5) is 27.8. The Morgan fingerprint density at radius 1 is 1.00 bits per heavy atom. The molecular formula is C28H27NO6. The normalized spacial score (nSPS) is 17.0. The Bertz CT molecular complexity index is 1250. The minimum absolute atomic E-state index is 0.0139. The molecule has 1 aliphatic rings. The average Bonchev–Trinajstić information content (AvgIpc) is 3.13. The fraction of sp³-hybridized carbons (Fsp3) is 0.214. The monoisotopic (exact) mass is 473 g/mol. The number of aromatic hydroxyl groups is 1. The molecule has 2 N–H and O–H groups in total. The van der Waals surface area contributed by atoms with E-state index in [-0.39, 0.29) is 29.4 Å². The van der Waals surface area contributed by atoms with Crippen LogP contribution in [0.5, 0.6) is 17.2 Å². The van der Waals surface area contributed by atoms with Gasteiger partial charge in [0.2, 0.25) is 0 Å². The Balaban J connectivity index is 1.79. The third-order valence-electron chi connectivity index (χ3n) is 5.98. The van der Waals surface area contributed by atoms with Crippen LogP contribution < -0.4 is 9.47 Å². The highest BCUT2D eigenvalue weighted by atomic mass is 16.5. The van der Waals surface area contributed by atoms with Crippen LogP contribution in [-0.2, 0) is 16.0 Å². The molecule has 1 amide bonds. The highest BCUT2D eigenvalue weighted by Gasteiger charge is 2.46. The number of ether oxygens (including phenoxy) is 2. The van der Waals surface area contributed by atoms with Crippen LogP contribution in [0.4, 0.5) is 0 Å². The number of phenolic OH excluding ortho intramolecular Hbond substituents is 1. The van der Waals surface area contributed by atoms with Gasteiger partial charge in [-0.05, 0) is 60.9 Å². The summed E-state index contributed by atoms with van der Waals surface area (Å²) in [5, 5.41) is 21.3. The maximum absolute atomic E-state index is 13.2. The number of phenols is 1. The highest BCUT2D eigenvalue weighted by molar-refractivity contribution is 6.46. The van der Waals surface area contributed by atoms with Crippen molar-refractivity contribution in [1.82, 2.24) is 4.90 Å². The molecule has 1 heterocycles. The lowest BCUT2D eigenvalue weighted by molar-refractivity contribution is -0.139. The second-order valence-electron chi connectivity index (χ2n) is 8.12. The van der Waals surface area contributed by atoms with Crippen LogP contribution in [0.3, 0.4) is 0 Å². The smallest absolute Gasteiger partial charge is 0.295 e. The van der Waals surface area contributed by atoms with Gasteiger partial charge in [0.15, 0.2) is 11.5 Å². The van der Waals surface area contributed by atoms with Crippen molar-refractivity contribution in [1.29, 1.82) is 0 Å². The summed E-state index contributed by atoms with van der Waals surface area (Å²) < 4.78 is 10.7. The van der Waals surface area contributed by atoms with Gasteiger partial charge in [0.25, 0.3) is 11.7 Å². The number of amides is 1. The molecule has 1 aliphatic heterocycles. The summed E-state index contributed by atoms with van der Waals surface area (Å²) in [5.74, 6) is -0.953. The molecule has 7 nitrogen and oxygen atoms in total. The fourth-order valence-corrected chi connectivity index (χ4v) is 4.25. The molecule has 0 saturated carbocycles. The van der Waals surface area contributed by atoms with Crippen molar-refractivity contribution in [3.63, 3.8) is 0 Å². The van der Waals surface area contributed by atoms with Crippen LogP contribution in [-0.4, -0.2) is 47.1 Å². The van der Waals surface area contributed by atoms with E-state index in [0.717, 1.165) is 5.56 Å². The topological polar surface area (TPSA) is 96.3 Å². The van der Waals surface area contributed by atoms with Crippen molar-refractivity contribution < 1.29 is 29.3 Å². The number of likely N-dealkylation sites (tertiary alicyclic amines) is 1. The Kier molecular flexibility index (Phi) is 7.06. The van der Waals surface area contributed by atoms with E-state index in [1.807, 2.05) is 37.3 Å². The third kappa shape index (κ3) is 4.84. The summed E-state index contributed by atoms with van der Waals surface area (Å²) in [6.07, 6.45) is 0.530. The number of methoxy groups -OCH3 is 1. The van der Waals surface area contributed by atoms with Crippen LogP contribution >= 0.6 is 0 Å². The van der Waals surface area contributed by atoms with Crippen LogP contribution in [0.1, 0.15) is 29.7 Å². The maximum Gasteiger partial charge on any atom is 0.295 e. The molecule has 0 aromatic heterocycles. The number of hydrogen-bond donors (Lipinski definition) is 2. The number of Topliss-reactive ketones (excluding diaryl/α,β-unsaturated/α-hetero) is 1. The van der Waals surface area contributed by atoms with Gasteiger partial charge in [-0.3, -0.25) is 9.59 Å². The first-order valence-electron chi connectivity index (χ1n) is 11.4. The predicted molar refractivity (Wildman–Crippen MR) is 131 cm³/mol. The molecule has 4 rings (SSSR count). The quantitative estimate of drug-likeness (QED) is 0.285. The second-order valence-corrected chi connectivity index (χ2v) is 8.12. The number of carbonyl (C=O) groups excluding carboxylic acids is 2. The first-order valence-corrected chi connectivity index (χ1v) is 11.4. The Labute approximate surface area is 203 Å². The van der Waals surface area contributed by atoms with Gasteiger partial charge >= 0.3 is 0 Å². The summed E-state index contributed by atoms with van der Waals surface area (Å²) in [6.45, 7) is 2.64. The standard InChI is InChI=1S/C28H27NO6/c1-3-35-21-12-9-19(10-13-21)26(31)24-25(20-11-14-22(30)23(17-20)34-2)29(28(33)27(24)32)16-15-18-7-5-4-6-8-18/h4-14,17,25,30-31H,3,15-16H2,1-2H3/t25-/m0/s1. The van der Waals surface area contributed by atoms with E-state index >= 15 is 0 Å². The summed E-state index contributed by atoms with van der Waals surface area (Å²) in [6, 6.07) is 20.1. The van der Waals surface area contributed by atoms with Crippen molar-refractivity contribution in [2.45, 2.75) is 19.4 Å². The van der Waals surface area contributed by atoms with Gasteiger partial charge in [0.1, 0.15) is 11.5 Å². The first-order chi connectivity index (χ1) is 16.9. The zero-order chi connectivity index (χ0) is 24.9. The molecule has 180 valence electrons. The van der Waals surface area contributed by atoms with Gasteiger partial charge in [0.05, 0.1) is 25.3 Å². The predicted octanol–water partition coefficient (Wildman–Crippen LogP) is 4.46. The molecule has 0 spiro atoms. The molecule has 0 aliphatic carbocycles. The molecular weight excluding hydrogens is 446 g/mol. The molecule has 7 heteroatoms. The van der Waals surface area contributed by atoms with Gasteiger partial charge in [-0.25, -0.2) is 0 Å². The Morgan fingerprint density at radius 2 is 1.71 bits per heavy atom. The number of rotatable bonds is 8. The molecule has 3 aromatic carbocycles. The highest BCUT2D eigenvalue weighted by Crippen LogP contribution is 2.42. The van der Waals surface area contributed by atoms with E-state index in [4.69, 9.17) is 9.47 Å². The number of aliphatic hydroxyl groups excluding tert-OH is 1. The largest absolute Gasteiger partial charge is 0.507 e.